The topological polar surface area (TPSA) is 102 Å². The van der Waals surface area contributed by atoms with E-state index in [0.29, 0.717) is 24.1 Å². The van der Waals surface area contributed by atoms with Gasteiger partial charge in [-0.1, -0.05) is 41.9 Å². The second kappa shape index (κ2) is 10.1. The Morgan fingerprint density at radius 3 is 2.68 bits per heavy atom. The molecule has 2 heterocycles. The number of nitrogens with one attached hydrogen (secondary N) is 1. The van der Waals surface area contributed by atoms with Crippen LogP contribution in [0.2, 0.25) is 5.02 Å². The molecule has 2 aliphatic heterocycles. The lowest BCUT2D eigenvalue weighted by Gasteiger charge is -2.45. The quantitative estimate of drug-likeness (QED) is 0.469. The number of rotatable bonds is 5. The standard InChI is InChI=1S/C28H24ClF2N3O4/c29-21-9-10-22-23(24(21)31)28(38-27(37)33-22)11-4-12-34(15-28)26(36)20(14-16-5-3-6-17(30)13-16)18-7-1-2-8-19(18)25(32)35/h1-3,5-10,13,20H,4,11-12,14-15H2,(H2,32,35)(H,33,37)/t20-,28-/m0/s1. The van der Waals surface area contributed by atoms with Gasteiger partial charge in [0, 0.05) is 12.1 Å². The normalized spacial score (nSPS) is 19.3. The number of halogens is 3. The van der Waals surface area contributed by atoms with Gasteiger partial charge in [0.25, 0.3) is 0 Å². The highest BCUT2D eigenvalue weighted by Gasteiger charge is 2.49. The Hall–Kier alpha value is -3.98. The molecular weight excluding hydrogens is 516 g/mol. The van der Waals surface area contributed by atoms with Gasteiger partial charge in [0.05, 0.1) is 28.7 Å². The lowest BCUT2D eigenvalue weighted by Crippen LogP contribution is -2.54. The summed E-state index contributed by atoms with van der Waals surface area (Å²) in [5.41, 5.74) is 5.59. The van der Waals surface area contributed by atoms with Crippen LogP contribution in [-0.2, 0) is 21.6 Å². The first-order chi connectivity index (χ1) is 18.2. The third kappa shape index (κ3) is 4.69. The van der Waals surface area contributed by atoms with E-state index in [1.165, 1.54) is 35.2 Å². The Labute approximate surface area is 222 Å². The molecule has 10 heteroatoms. The van der Waals surface area contributed by atoms with Crippen molar-refractivity contribution in [1.29, 1.82) is 0 Å². The molecule has 7 nitrogen and oxygen atoms in total. The number of nitrogens with zero attached hydrogens (tertiary/aromatic N) is 1. The van der Waals surface area contributed by atoms with Gasteiger partial charge in [-0.15, -0.1) is 0 Å². The molecule has 0 aromatic heterocycles. The zero-order chi connectivity index (χ0) is 27.0. The lowest BCUT2D eigenvalue weighted by atomic mass is 9.81. The zero-order valence-corrected chi connectivity index (χ0v) is 20.9. The third-order valence-corrected chi connectivity index (χ3v) is 7.36. The van der Waals surface area contributed by atoms with Crippen LogP contribution in [-0.4, -0.2) is 35.9 Å². The number of hydrogen-bond acceptors (Lipinski definition) is 4. The molecule has 2 atom stereocenters. The summed E-state index contributed by atoms with van der Waals surface area (Å²) in [6.07, 6.45) is 0.0155. The largest absolute Gasteiger partial charge is 0.436 e. The van der Waals surface area contributed by atoms with Gasteiger partial charge in [-0.3, -0.25) is 14.9 Å². The van der Waals surface area contributed by atoms with Crippen LogP contribution in [0.1, 0.15) is 45.8 Å². The number of piperidine rings is 1. The van der Waals surface area contributed by atoms with Crippen LogP contribution < -0.4 is 11.1 Å². The maximum Gasteiger partial charge on any atom is 0.412 e. The Kier molecular flexibility index (Phi) is 6.79. The van der Waals surface area contributed by atoms with Gasteiger partial charge >= 0.3 is 6.09 Å². The molecule has 0 aliphatic carbocycles. The fourth-order valence-corrected chi connectivity index (χ4v) is 5.59. The van der Waals surface area contributed by atoms with Crippen molar-refractivity contribution in [3.63, 3.8) is 0 Å². The Bertz CT molecular complexity index is 1450. The Morgan fingerprint density at radius 2 is 1.92 bits per heavy atom. The highest BCUT2D eigenvalue weighted by atomic mass is 35.5. The number of carbonyl (C=O) groups excluding carboxylic acids is 3. The second-order valence-electron chi connectivity index (χ2n) is 9.49. The van der Waals surface area contributed by atoms with Gasteiger partial charge in [0.1, 0.15) is 5.82 Å². The molecule has 0 bridgehead atoms. The summed E-state index contributed by atoms with van der Waals surface area (Å²) in [6.45, 7) is 0.184. The molecule has 1 spiro atoms. The summed E-state index contributed by atoms with van der Waals surface area (Å²) in [6, 6.07) is 15.2. The second-order valence-corrected chi connectivity index (χ2v) is 9.90. The molecule has 2 aliphatic rings. The van der Waals surface area contributed by atoms with Crippen LogP contribution in [0.4, 0.5) is 19.3 Å². The SMILES string of the molecule is NC(=O)c1ccccc1[C@H](Cc1cccc(F)c1)C(=O)N1CCC[C@@]2(C1)OC(=O)Nc1ccc(Cl)c(F)c12. The van der Waals surface area contributed by atoms with E-state index >= 15 is 4.39 Å². The monoisotopic (exact) mass is 539 g/mol. The van der Waals surface area contributed by atoms with Gasteiger partial charge in [-0.25, -0.2) is 13.6 Å². The average molecular weight is 540 g/mol. The summed E-state index contributed by atoms with van der Waals surface area (Å²) >= 11 is 6.07. The lowest BCUT2D eigenvalue weighted by molar-refractivity contribution is -0.140. The van der Waals surface area contributed by atoms with Gasteiger partial charge in [0.15, 0.2) is 11.4 Å². The van der Waals surface area contributed by atoms with Gasteiger partial charge in [0.2, 0.25) is 11.8 Å². The van der Waals surface area contributed by atoms with Crippen LogP contribution in [0, 0.1) is 11.6 Å². The number of amides is 3. The van der Waals surface area contributed by atoms with Crippen molar-refractivity contribution in [3.05, 3.63) is 99.6 Å². The fourth-order valence-electron chi connectivity index (χ4n) is 5.44. The number of ether oxygens (including phenoxy) is 1. The van der Waals surface area contributed by atoms with Crippen molar-refractivity contribution in [2.45, 2.75) is 30.8 Å². The molecular formula is C28H24ClF2N3O4. The molecule has 0 saturated carbocycles. The van der Waals surface area contributed by atoms with E-state index in [-0.39, 0.29) is 47.1 Å². The van der Waals surface area contributed by atoms with Crippen LogP contribution in [0.3, 0.4) is 0 Å². The first kappa shape index (κ1) is 25.7. The molecule has 0 radical (unpaired) electrons. The number of benzene rings is 3. The highest BCUT2D eigenvalue weighted by Crippen LogP contribution is 2.45. The molecule has 1 fully saturated rings. The smallest absolute Gasteiger partial charge is 0.412 e. The molecule has 3 amide bonds. The van der Waals surface area contributed by atoms with E-state index in [2.05, 4.69) is 5.32 Å². The number of primary amides is 1. The van der Waals surface area contributed by atoms with E-state index in [1.807, 2.05) is 0 Å². The zero-order valence-electron chi connectivity index (χ0n) is 20.2. The highest BCUT2D eigenvalue weighted by molar-refractivity contribution is 6.31. The minimum Gasteiger partial charge on any atom is -0.436 e. The van der Waals surface area contributed by atoms with E-state index in [4.69, 9.17) is 22.1 Å². The number of carbonyl (C=O) groups is 3. The van der Waals surface area contributed by atoms with Crippen molar-refractivity contribution < 1.29 is 27.9 Å². The summed E-state index contributed by atoms with van der Waals surface area (Å²) in [7, 11) is 0. The van der Waals surface area contributed by atoms with Gasteiger partial charge in [-0.05, 0) is 60.7 Å². The molecule has 1 saturated heterocycles. The minimum absolute atomic E-state index is 0.0846. The van der Waals surface area contributed by atoms with Crippen molar-refractivity contribution >= 4 is 35.2 Å². The number of fused-ring (bicyclic) bond motifs is 2. The summed E-state index contributed by atoms with van der Waals surface area (Å²) in [4.78, 5) is 40.3. The summed E-state index contributed by atoms with van der Waals surface area (Å²) in [5, 5.41) is 2.37. The number of likely N-dealkylation sites (tertiary alicyclic amines) is 1. The van der Waals surface area contributed by atoms with Gasteiger partial charge < -0.3 is 15.4 Å². The predicted octanol–water partition coefficient (Wildman–Crippen LogP) is 5.12. The van der Waals surface area contributed by atoms with Crippen molar-refractivity contribution in [2.24, 2.45) is 5.73 Å². The fraction of sp³-hybridized carbons (Fsp3) is 0.250. The molecule has 38 heavy (non-hydrogen) atoms. The maximum absolute atomic E-state index is 15.3. The molecule has 0 unspecified atom stereocenters. The maximum atomic E-state index is 15.3. The predicted molar refractivity (Wildman–Crippen MR) is 137 cm³/mol. The third-order valence-electron chi connectivity index (χ3n) is 7.07. The number of nitrogens with two attached hydrogens (primary N) is 1. The molecule has 3 N–H and O–H groups in total. The van der Waals surface area contributed by atoms with Crippen LogP contribution in [0.15, 0.2) is 60.7 Å². The number of hydrogen-bond donors (Lipinski definition) is 2. The van der Waals surface area contributed by atoms with Gasteiger partial charge in [-0.2, -0.15) is 0 Å². The van der Waals surface area contributed by atoms with Crippen molar-refractivity contribution in [1.82, 2.24) is 4.90 Å². The first-order valence-electron chi connectivity index (χ1n) is 12.1. The van der Waals surface area contributed by atoms with Crippen LogP contribution in [0.25, 0.3) is 0 Å². The van der Waals surface area contributed by atoms with E-state index in [9.17, 15) is 18.8 Å². The minimum atomic E-state index is -1.45. The van der Waals surface area contributed by atoms with E-state index in [1.54, 1.807) is 30.3 Å². The van der Waals surface area contributed by atoms with E-state index in [0.717, 1.165) is 0 Å². The van der Waals surface area contributed by atoms with Crippen LogP contribution in [0.5, 0.6) is 0 Å². The number of anilines is 1. The molecule has 196 valence electrons. The summed E-state index contributed by atoms with van der Waals surface area (Å²) in [5.74, 6) is -3.18. The van der Waals surface area contributed by atoms with Crippen molar-refractivity contribution in [2.75, 3.05) is 18.4 Å². The molecule has 5 rings (SSSR count). The molecule has 3 aromatic carbocycles. The van der Waals surface area contributed by atoms with E-state index < -0.39 is 35.2 Å². The Balaban J connectivity index is 1.55. The Morgan fingerprint density at radius 1 is 1.13 bits per heavy atom. The van der Waals surface area contributed by atoms with Crippen LogP contribution >= 0.6 is 11.6 Å². The average Bonchev–Trinajstić information content (AvgIpc) is 2.89. The van der Waals surface area contributed by atoms with Crippen molar-refractivity contribution in [3.8, 4) is 0 Å². The molecule has 3 aromatic rings. The first-order valence-corrected chi connectivity index (χ1v) is 12.5. The summed E-state index contributed by atoms with van der Waals surface area (Å²) < 4.78 is 35.0.